The third-order valence-corrected chi connectivity index (χ3v) is 7.46. The highest BCUT2D eigenvalue weighted by Crippen LogP contribution is 2.34. The van der Waals surface area contributed by atoms with Gasteiger partial charge < -0.3 is 29.7 Å². The van der Waals surface area contributed by atoms with E-state index in [1.54, 1.807) is 41.8 Å². The van der Waals surface area contributed by atoms with Crippen molar-refractivity contribution in [3.05, 3.63) is 59.5 Å². The number of nitrogens with one attached hydrogen (secondary N) is 1. The maximum atomic E-state index is 14.3. The summed E-state index contributed by atoms with van der Waals surface area (Å²) in [7, 11) is 1.55. The number of carbonyl (C=O) groups is 2. The van der Waals surface area contributed by atoms with Crippen molar-refractivity contribution in [2.24, 2.45) is 0 Å². The van der Waals surface area contributed by atoms with Gasteiger partial charge in [-0.25, -0.2) is 14.2 Å². The molecule has 2 N–H and O–H groups in total. The molecular formula is C29H32FN5O5S. The normalized spacial score (nSPS) is 14.2. The Kier molecular flexibility index (Phi) is 7.76. The summed E-state index contributed by atoms with van der Waals surface area (Å²) in [6, 6.07) is 9.59. The van der Waals surface area contributed by atoms with E-state index in [4.69, 9.17) is 9.47 Å². The van der Waals surface area contributed by atoms with Gasteiger partial charge in [0.05, 0.1) is 18.5 Å². The first kappa shape index (κ1) is 28.2. The SMILES string of the molecule is COc1ccc2cn(-c3nc(C(=O)Nc4cc(F)ccc4N4CCCN(C(=O)OC(C)(C)C)CC4)cs3)c(O)c2c1. The summed E-state index contributed by atoms with van der Waals surface area (Å²) in [4.78, 5) is 33.9. The number of anilines is 2. The third-order valence-electron chi connectivity index (χ3n) is 6.62. The molecule has 1 fully saturated rings. The number of benzene rings is 2. The number of aromatic hydroxyl groups is 1. The summed E-state index contributed by atoms with van der Waals surface area (Å²) in [6.07, 6.45) is 2.04. The van der Waals surface area contributed by atoms with Crippen LogP contribution >= 0.6 is 11.3 Å². The molecule has 0 aliphatic carbocycles. The van der Waals surface area contributed by atoms with E-state index in [2.05, 4.69) is 10.3 Å². The summed E-state index contributed by atoms with van der Waals surface area (Å²) in [5.41, 5.74) is 0.483. The van der Waals surface area contributed by atoms with Crippen LogP contribution in [0, 0.1) is 5.82 Å². The zero-order chi connectivity index (χ0) is 29.3. The highest BCUT2D eigenvalue weighted by atomic mass is 32.1. The summed E-state index contributed by atoms with van der Waals surface area (Å²) in [5, 5.41) is 16.9. The van der Waals surface area contributed by atoms with Crippen LogP contribution in [0.25, 0.3) is 15.9 Å². The van der Waals surface area contributed by atoms with Crippen LogP contribution in [0.2, 0.25) is 0 Å². The van der Waals surface area contributed by atoms with E-state index < -0.39 is 17.3 Å². The van der Waals surface area contributed by atoms with E-state index in [9.17, 15) is 19.1 Å². The van der Waals surface area contributed by atoms with Crippen LogP contribution in [0.15, 0.2) is 48.0 Å². The molecule has 0 bridgehead atoms. The molecular weight excluding hydrogens is 549 g/mol. The number of nitrogens with zero attached hydrogens (tertiary/aromatic N) is 4. The number of fused-ring (bicyclic) bond motifs is 1. The summed E-state index contributed by atoms with van der Waals surface area (Å²) < 4.78 is 26.6. The molecule has 41 heavy (non-hydrogen) atoms. The molecule has 4 aromatic rings. The number of methoxy groups -OCH3 is 1. The van der Waals surface area contributed by atoms with Gasteiger partial charge in [-0.3, -0.25) is 9.36 Å². The maximum absolute atomic E-state index is 14.3. The second-order valence-electron chi connectivity index (χ2n) is 10.7. The standard InChI is InChI=1S/C29H32FN5O5S/c1-29(2,3)40-28(38)34-11-5-10-33(12-13-34)24-9-7-19(30)14-22(24)31-25(36)23-17-41-27(32-23)35-16-18-6-8-20(39-4)15-21(18)26(35)37/h6-9,14-17,37H,5,10-13H2,1-4H3,(H,31,36). The van der Waals surface area contributed by atoms with Crippen molar-refractivity contribution >= 4 is 45.5 Å². The molecule has 1 aliphatic rings. The van der Waals surface area contributed by atoms with Gasteiger partial charge in [-0.1, -0.05) is 0 Å². The first-order valence-electron chi connectivity index (χ1n) is 13.2. The fraction of sp³-hybridized carbons (Fsp3) is 0.345. The summed E-state index contributed by atoms with van der Waals surface area (Å²) >= 11 is 1.19. The molecule has 0 saturated carbocycles. The van der Waals surface area contributed by atoms with Crippen LogP contribution in [-0.4, -0.2) is 70.4 Å². The van der Waals surface area contributed by atoms with Gasteiger partial charge >= 0.3 is 6.09 Å². The van der Waals surface area contributed by atoms with Crippen LogP contribution in [-0.2, 0) is 4.74 Å². The number of amides is 2. The van der Waals surface area contributed by atoms with Crippen LogP contribution in [0.3, 0.4) is 0 Å². The lowest BCUT2D eigenvalue weighted by molar-refractivity contribution is 0.0263. The number of hydrogen-bond donors (Lipinski definition) is 2. The average Bonchev–Trinajstić information content (AvgIpc) is 3.44. The lowest BCUT2D eigenvalue weighted by Gasteiger charge is -2.27. The Morgan fingerprint density at radius 3 is 2.66 bits per heavy atom. The molecule has 5 rings (SSSR count). The van der Waals surface area contributed by atoms with Gasteiger partial charge in [0.2, 0.25) is 5.88 Å². The Balaban J connectivity index is 1.33. The summed E-state index contributed by atoms with van der Waals surface area (Å²) in [5.74, 6) is -0.415. The fourth-order valence-electron chi connectivity index (χ4n) is 4.66. The molecule has 0 radical (unpaired) electrons. The largest absolute Gasteiger partial charge is 0.497 e. The molecule has 3 heterocycles. The molecule has 1 saturated heterocycles. The van der Waals surface area contributed by atoms with Crippen LogP contribution in [0.5, 0.6) is 11.6 Å². The van der Waals surface area contributed by atoms with Gasteiger partial charge in [-0.2, -0.15) is 0 Å². The molecule has 2 aromatic heterocycles. The minimum atomic E-state index is -0.589. The zero-order valence-electron chi connectivity index (χ0n) is 23.3. The number of aromatic nitrogens is 2. The van der Waals surface area contributed by atoms with E-state index in [0.717, 1.165) is 5.39 Å². The molecule has 2 aromatic carbocycles. The van der Waals surface area contributed by atoms with Crippen LogP contribution < -0.4 is 15.0 Å². The second-order valence-corrected chi connectivity index (χ2v) is 11.6. The van der Waals surface area contributed by atoms with Crippen molar-refractivity contribution in [1.29, 1.82) is 0 Å². The second kappa shape index (κ2) is 11.3. The number of carbonyl (C=O) groups excluding carboxylic acids is 2. The predicted octanol–water partition coefficient (Wildman–Crippen LogP) is 5.64. The lowest BCUT2D eigenvalue weighted by Crippen LogP contribution is -2.39. The highest BCUT2D eigenvalue weighted by molar-refractivity contribution is 7.12. The Morgan fingerprint density at radius 1 is 1.10 bits per heavy atom. The average molecular weight is 582 g/mol. The van der Waals surface area contributed by atoms with Gasteiger partial charge in [-0.15, -0.1) is 11.3 Å². The molecule has 12 heteroatoms. The minimum absolute atomic E-state index is 0.0192. The number of halogens is 1. The minimum Gasteiger partial charge on any atom is -0.497 e. The summed E-state index contributed by atoms with van der Waals surface area (Å²) in [6.45, 7) is 7.54. The van der Waals surface area contributed by atoms with Crippen LogP contribution in [0.4, 0.5) is 20.6 Å². The Morgan fingerprint density at radius 2 is 1.90 bits per heavy atom. The van der Waals surface area contributed by atoms with Crippen molar-refractivity contribution in [2.75, 3.05) is 43.5 Å². The van der Waals surface area contributed by atoms with Gasteiger partial charge in [0, 0.05) is 48.5 Å². The smallest absolute Gasteiger partial charge is 0.410 e. The number of hydrogen-bond acceptors (Lipinski definition) is 8. The maximum Gasteiger partial charge on any atom is 0.410 e. The molecule has 10 nitrogen and oxygen atoms in total. The number of thiazole rings is 1. The van der Waals surface area contributed by atoms with Crippen molar-refractivity contribution in [1.82, 2.24) is 14.5 Å². The van der Waals surface area contributed by atoms with Crippen LogP contribution in [0.1, 0.15) is 37.7 Å². The first-order chi connectivity index (χ1) is 19.5. The van der Waals surface area contributed by atoms with E-state index in [0.29, 0.717) is 60.2 Å². The van der Waals surface area contributed by atoms with Crippen molar-refractivity contribution in [3.8, 4) is 16.8 Å². The van der Waals surface area contributed by atoms with Gasteiger partial charge in [-0.05, 0) is 63.6 Å². The Hall–Kier alpha value is -4.32. The topological polar surface area (TPSA) is 109 Å². The number of rotatable bonds is 5. The quantitative estimate of drug-likeness (QED) is 0.314. The van der Waals surface area contributed by atoms with E-state index in [1.165, 1.54) is 28.0 Å². The molecule has 1 aliphatic heterocycles. The highest BCUT2D eigenvalue weighted by Gasteiger charge is 2.26. The van der Waals surface area contributed by atoms with Crippen molar-refractivity contribution in [3.63, 3.8) is 0 Å². The number of ether oxygens (including phenoxy) is 2. The first-order valence-corrected chi connectivity index (χ1v) is 14.1. The monoisotopic (exact) mass is 581 g/mol. The van der Waals surface area contributed by atoms with E-state index in [-0.39, 0.29) is 17.7 Å². The molecule has 0 atom stereocenters. The lowest BCUT2D eigenvalue weighted by atomic mass is 10.2. The molecule has 0 spiro atoms. The zero-order valence-corrected chi connectivity index (χ0v) is 24.1. The third kappa shape index (κ3) is 6.22. The van der Waals surface area contributed by atoms with E-state index in [1.807, 2.05) is 31.7 Å². The van der Waals surface area contributed by atoms with Crippen molar-refractivity contribution < 1.29 is 28.6 Å². The fourth-order valence-corrected chi connectivity index (χ4v) is 5.44. The van der Waals surface area contributed by atoms with E-state index >= 15 is 0 Å². The Labute approximate surface area is 240 Å². The predicted molar refractivity (Wildman–Crippen MR) is 156 cm³/mol. The molecule has 0 unspecified atom stereocenters. The van der Waals surface area contributed by atoms with Gasteiger partial charge in [0.1, 0.15) is 22.9 Å². The Bertz CT molecular complexity index is 1590. The molecule has 216 valence electrons. The van der Waals surface area contributed by atoms with Crippen molar-refractivity contribution in [2.45, 2.75) is 32.8 Å². The van der Waals surface area contributed by atoms with Gasteiger partial charge in [0.25, 0.3) is 5.91 Å². The van der Waals surface area contributed by atoms with Gasteiger partial charge in [0.15, 0.2) is 5.13 Å². The molecule has 2 amide bonds.